The number of rotatable bonds is 13. The molecule has 0 saturated carbocycles. The first kappa shape index (κ1) is 23.6. The van der Waals surface area contributed by atoms with Crippen molar-refractivity contribution in [3.8, 4) is 0 Å². The summed E-state index contributed by atoms with van der Waals surface area (Å²) in [5.41, 5.74) is 0. The molecule has 1 unspecified atom stereocenters. The Bertz CT molecular complexity index is 430. The number of aliphatic hydroxyl groups is 1. The van der Waals surface area contributed by atoms with Crippen molar-refractivity contribution in [1.29, 1.82) is 0 Å². The molecule has 0 saturated heterocycles. The smallest absolute Gasteiger partial charge is 0.303 e. The van der Waals surface area contributed by atoms with Gasteiger partial charge < -0.3 is 14.8 Å². The molecular formula is C20H38N2O3. The molecule has 0 spiro atoms. The molecule has 2 N–H and O–H groups in total. The Morgan fingerprint density at radius 1 is 1.04 bits per heavy atom. The molecule has 0 aliphatic carbocycles. The summed E-state index contributed by atoms with van der Waals surface area (Å²) in [7, 11) is 1.86. The summed E-state index contributed by atoms with van der Waals surface area (Å²) in [5, 5.41) is 17.5. The third-order valence-corrected chi connectivity index (χ3v) is 4.23. The van der Waals surface area contributed by atoms with Gasteiger partial charge in [0.05, 0.1) is 0 Å². The van der Waals surface area contributed by atoms with Crippen molar-refractivity contribution in [2.24, 2.45) is 7.05 Å². The summed E-state index contributed by atoms with van der Waals surface area (Å²) in [6.07, 6.45) is 17.4. The van der Waals surface area contributed by atoms with Crippen LogP contribution in [0.25, 0.3) is 0 Å². The standard InChI is InChI=1S/C14H28O2.C6H10N2O/c1-2-3-4-5-6-7-8-9-10-11-12-13-14(15)16;1-5(9)6-7-3-4-8(6)2/h2-13H2,1H3,(H,15,16);3-5,9H,1-2H3. The highest BCUT2D eigenvalue weighted by Gasteiger charge is 2.03. The van der Waals surface area contributed by atoms with Crippen LogP contribution >= 0.6 is 0 Å². The highest BCUT2D eigenvalue weighted by Crippen LogP contribution is 2.11. The molecule has 1 heterocycles. The zero-order valence-electron chi connectivity index (χ0n) is 16.4. The van der Waals surface area contributed by atoms with E-state index in [2.05, 4.69) is 11.9 Å². The van der Waals surface area contributed by atoms with Crippen molar-refractivity contribution in [2.75, 3.05) is 0 Å². The second kappa shape index (κ2) is 16.1. The zero-order valence-corrected chi connectivity index (χ0v) is 16.4. The molecule has 0 aliphatic heterocycles. The molecule has 0 bridgehead atoms. The monoisotopic (exact) mass is 354 g/mol. The number of carbonyl (C=O) groups is 1. The third kappa shape index (κ3) is 14.7. The molecule has 0 aromatic carbocycles. The second-order valence-corrected chi connectivity index (χ2v) is 6.75. The fourth-order valence-electron chi connectivity index (χ4n) is 2.72. The lowest BCUT2D eigenvalue weighted by Gasteiger charge is -2.01. The van der Waals surface area contributed by atoms with E-state index in [-0.39, 0.29) is 0 Å². The van der Waals surface area contributed by atoms with E-state index in [1.165, 1.54) is 57.8 Å². The van der Waals surface area contributed by atoms with E-state index in [0.717, 1.165) is 12.8 Å². The van der Waals surface area contributed by atoms with E-state index in [0.29, 0.717) is 12.2 Å². The molecule has 1 aromatic heterocycles. The van der Waals surface area contributed by atoms with Crippen LogP contribution in [0.4, 0.5) is 0 Å². The van der Waals surface area contributed by atoms with Gasteiger partial charge in [-0.15, -0.1) is 0 Å². The van der Waals surface area contributed by atoms with Gasteiger partial charge in [0.15, 0.2) is 0 Å². The van der Waals surface area contributed by atoms with Crippen LogP contribution < -0.4 is 0 Å². The van der Waals surface area contributed by atoms with Gasteiger partial charge in [-0.2, -0.15) is 0 Å². The first-order valence-corrected chi connectivity index (χ1v) is 9.86. The number of carboxylic acids is 1. The van der Waals surface area contributed by atoms with Crippen molar-refractivity contribution in [1.82, 2.24) is 9.55 Å². The second-order valence-electron chi connectivity index (χ2n) is 6.75. The lowest BCUT2D eigenvalue weighted by molar-refractivity contribution is -0.137. The van der Waals surface area contributed by atoms with Gasteiger partial charge in [-0.3, -0.25) is 4.79 Å². The highest BCUT2D eigenvalue weighted by molar-refractivity contribution is 5.66. The molecular weight excluding hydrogens is 316 g/mol. The predicted octanol–water partition coefficient (Wildman–Crippen LogP) is 5.25. The van der Waals surface area contributed by atoms with Crippen molar-refractivity contribution in [2.45, 2.75) is 97.0 Å². The van der Waals surface area contributed by atoms with Crippen LogP contribution in [0.3, 0.4) is 0 Å². The minimum absolute atomic E-state index is 0.344. The van der Waals surface area contributed by atoms with Gasteiger partial charge in [-0.05, 0) is 13.3 Å². The summed E-state index contributed by atoms with van der Waals surface area (Å²) in [6, 6.07) is 0. The summed E-state index contributed by atoms with van der Waals surface area (Å²) < 4.78 is 1.80. The molecule has 1 aromatic rings. The summed E-state index contributed by atoms with van der Waals surface area (Å²) in [4.78, 5) is 14.2. The Kier molecular flexibility index (Phi) is 15.2. The average Bonchev–Trinajstić information content (AvgIpc) is 2.99. The van der Waals surface area contributed by atoms with Gasteiger partial charge in [0.25, 0.3) is 0 Å². The van der Waals surface area contributed by atoms with E-state index >= 15 is 0 Å². The lowest BCUT2D eigenvalue weighted by atomic mass is 10.1. The number of imidazole rings is 1. The summed E-state index contributed by atoms with van der Waals surface area (Å²) >= 11 is 0. The van der Waals surface area contributed by atoms with Crippen LogP contribution in [0.15, 0.2) is 12.4 Å². The van der Waals surface area contributed by atoms with Crippen molar-refractivity contribution >= 4 is 5.97 Å². The first-order valence-electron chi connectivity index (χ1n) is 9.86. The topological polar surface area (TPSA) is 75.4 Å². The SMILES string of the molecule is CC(O)c1nccn1C.CCCCCCCCCCCCCC(=O)O. The maximum atomic E-state index is 10.3. The Labute approximate surface area is 153 Å². The largest absolute Gasteiger partial charge is 0.481 e. The normalized spacial score (nSPS) is 11.7. The number of hydrogen-bond donors (Lipinski definition) is 2. The molecule has 146 valence electrons. The van der Waals surface area contributed by atoms with E-state index in [4.69, 9.17) is 10.2 Å². The Morgan fingerprint density at radius 2 is 1.52 bits per heavy atom. The number of aliphatic hydroxyl groups excluding tert-OH is 1. The number of nitrogens with zero attached hydrogens (tertiary/aromatic N) is 2. The predicted molar refractivity (Wildman–Crippen MR) is 103 cm³/mol. The fraction of sp³-hybridized carbons (Fsp3) is 0.800. The third-order valence-electron chi connectivity index (χ3n) is 4.23. The number of unbranched alkanes of at least 4 members (excludes halogenated alkanes) is 10. The zero-order chi connectivity index (χ0) is 18.9. The molecule has 25 heavy (non-hydrogen) atoms. The summed E-state index contributed by atoms with van der Waals surface area (Å²) in [5.74, 6) is 0.0472. The molecule has 1 rings (SSSR count). The van der Waals surface area contributed by atoms with Crippen molar-refractivity contribution in [3.63, 3.8) is 0 Å². The molecule has 0 aliphatic rings. The van der Waals surface area contributed by atoms with Gasteiger partial charge in [0.1, 0.15) is 11.9 Å². The molecule has 5 nitrogen and oxygen atoms in total. The first-order chi connectivity index (χ1) is 12.0. The van der Waals surface area contributed by atoms with Crippen LogP contribution in [0.2, 0.25) is 0 Å². The minimum atomic E-state index is -0.657. The number of aryl methyl sites for hydroxylation is 1. The molecule has 0 radical (unpaired) electrons. The van der Waals surface area contributed by atoms with Crippen molar-refractivity contribution in [3.05, 3.63) is 18.2 Å². The average molecular weight is 355 g/mol. The lowest BCUT2D eigenvalue weighted by Crippen LogP contribution is -2.00. The van der Waals surface area contributed by atoms with Gasteiger partial charge in [0, 0.05) is 25.9 Å². The number of aromatic nitrogens is 2. The van der Waals surface area contributed by atoms with Crippen molar-refractivity contribution < 1.29 is 15.0 Å². The number of carboxylic acid groups (broad SMARTS) is 1. The van der Waals surface area contributed by atoms with E-state index < -0.39 is 12.1 Å². The van der Waals surface area contributed by atoms with E-state index in [1.807, 2.05) is 13.2 Å². The summed E-state index contributed by atoms with van der Waals surface area (Å²) in [6.45, 7) is 3.94. The van der Waals surface area contributed by atoms with Gasteiger partial charge >= 0.3 is 5.97 Å². The van der Waals surface area contributed by atoms with Crippen LogP contribution in [-0.2, 0) is 11.8 Å². The fourth-order valence-corrected chi connectivity index (χ4v) is 2.72. The quantitative estimate of drug-likeness (QED) is 0.475. The molecule has 5 heteroatoms. The highest BCUT2D eigenvalue weighted by atomic mass is 16.4. The maximum Gasteiger partial charge on any atom is 0.303 e. The Balaban J connectivity index is 0.000000535. The number of aliphatic carboxylic acids is 1. The molecule has 0 fully saturated rings. The Hall–Kier alpha value is -1.36. The van der Waals surface area contributed by atoms with Gasteiger partial charge in [0.2, 0.25) is 0 Å². The van der Waals surface area contributed by atoms with Gasteiger partial charge in [-0.1, -0.05) is 71.1 Å². The number of hydrogen-bond acceptors (Lipinski definition) is 3. The minimum Gasteiger partial charge on any atom is -0.481 e. The maximum absolute atomic E-state index is 10.3. The van der Waals surface area contributed by atoms with E-state index in [9.17, 15) is 4.79 Å². The van der Waals surface area contributed by atoms with Gasteiger partial charge in [-0.25, -0.2) is 4.98 Å². The molecule has 1 atom stereocenters. The van der Waals surface area contributed by atoms with Crippen LogP contribution in [-0.4, -0.2) is 25.7 Å². The van der Waals surface area contributed by atoms with Crippen LogP contribution in [0.1, 0.15) is 103 Å². The van der Waals surface area contributed by atoms with Crippen LogP contribution in [0, 0.1) is 0 Å². The van der Waals surface area contributed by atoms with Crippen LogP contribution in [0.5, 0.6) is 0 Å². The van der Waals surface area contributed by atoms with E-state index in [1.54, 1.807) is 17.7 Å². The Morgan fingerprint density at radius 3 is 1.84 bits per heavy atom. The molecule has 0 amide bonds.